The van der Waals surface area contributed by atoms with Crippen molar-refractivity contribution in [3.63, 3.8) is 0 Å². The molecule has 4 N–H and O–H groups in total. The first-order valence-corrected chi connectivity index (χ1v) is 15.3. The summed E-state index contributed by atoms with van der Waals surface area (Å²) in [6, 6.07) is 7.19. The Morgan fingerprint density at radius 2 is 1.92 bits per heavy atom. The van der Waals surface area contributed by atoms with Gasteiger partial charge in [-0.3, -0.25) is 14.6 Å². The number of aliphatic hydroxyl groups is 3. The summed E-state index contributed by atoms with van der Waals surface area (Å²) in [6.07, 6.45) is -3.48. The van der Waals surface area contributed by atoms with Crippen LogP contribution >= 0.6 is 0 Å². The van der Waals surface area contributed by atoms with Crippen molar-refractivity contribution in [2.24, 2.45) is 4.99 Å². The highest BCUT2D eigenvalue weighted by molar-refractivity contribution is 5.90. The lowest BCUT2D eigenvalue weighted by atomic mass is 9.86. The van der Waals surface area contributed by atoms with Crippen LogP contribution in [0.1, 0.15) is 35.1 Å². The molecule has 0 saturated carbocycles. The number of hydrogen-bond acceptors (Lipinski definition) is 14. The van der Waals surface area contributed by atoms with E-state index in [0.717, 1.165) is 28.0 Å². The molecule has 15 heteroatoms. The molecule has 0 amide bonds. The van der Waals surface area contributed by atoms with Gasteiger partial charge in [-0.1, -0.05) is 6.07 Å². The number of ether oxygens (including phenoxy) is 7. The van der Waals surface area contributed by atoms with Crippen molar-refractivity contribution in [3.05, 3.63) is 64.5 Å². The van der Waals surface area contributed by atoms with E-state index in [0.29, 0.717) is 36.1 Å². The number of allylic oxidation sites excluding steroid dienone is 1. The molecule has 2 aromatic carbocycles. The minimum absolute atomic E-state index is 0.147. The number of hydrogen-bond donors (Lipinski definition) is 4. The van der Waals surface area contributed by atoms with Gasteiger partial charge in [-0.2, -0.15) is 0 Å². The molecule has 1 fully saturated rings. The number of carbonyl (C=O) groups is 2. The van der Waals surface area contributed by atoms with E-state index in [1.54, 1.807) is 32.6 Å². The fourth-order valence-corrected chi connectivity index (χ4v) is 6.63. The number of aliphatic carboxylic acids is 1. The number of aliphatic imine (C=N–C) groups is 1. The third-order valence-electron chi connectivity index (χ3n) is 8.94. The van der Waals surface area contributed by atoms with Crippen molar-refractivity contribution in [1.82, 2.24) is 4.90 Å². The molecule has 7 atom stereocenters. The molecule has 2 aromatic rings. The van der Waals surface area contributed by atoms with Crippen LogP contribution < -0.4 is 23.7 Å². The molecule has 0 spiro atoms. The number of fused-ring (bicyclic) bond motifs is 6. The Hall–Kier alpha value is -4.83. The van der Waals surface area contributed by atoms with Crippen molar-refractivity contribution >= 4 is 18.2 Å². The van der Waals surface area contributed by atoms with E-state index in [1.165, 1.54) is 0 Å². The Bertz CT molecular complexity index is 1720. The summed E-state index contributed by atoms with van der Waals surface area (Å²) in [4.78, 5) is 29.1. The maximum absolute atomic E-state index is 11.8. The smallest absolute Gasteiger partial charge is 0.317 e. The minimum atomic E-state index is -1.72. The van der Waals surface area contributed by atoms with E-state index in [9.17, 15) is 24.9 Å². The summed E-state index contributed by atoms with van der Waals surface area (Å²) in [7, 11) is 3.12. The molecule has 5 aliphatic rings. The molecule has 5 heterocycles. The van der Waals surface area contributed by atoms with Gasteiger partial charge >= 0.3 is 11.9 Å². The monoisotopic (exact) mass is 666 g/mol. The fraction of sp³-hybridized carbons (Fsp3) is 0.424. The molecule has 7 rings (SSSR count). The lowest BCUT2D eigenvalue weighted by Crippen LogP contribution is -2.60. The predicted octanol–water partition coefficient (Wildman–Crippen LogP) is 1.19. The van der Waals surface area contributed by atoms with Gasteiger partial charge in [0.25, 0.3) is 0 Å². The number of nitrogens with zero attached hydrogens (tertiary/aromatic N) is 2. The molecular formula is C33H34N2O13. The Balaban J connectivity index is 1.19. The number of rotatable bonds is 10. The molecule has 7 unspecified atom stereocenters. The van der Waals surface area contributed by atoms with Crippen LogP contribution in [-0.4, -0.2) is 108 Å². The molecular weight excluding hydrogens is 632 g/mol. The van der Waals surface area contributed by atoms with Crippen LogP contribution in [0.25, 0.3) is 0 Å². The fourth-order valence-electron chi connectivity index (χ4n) is 6.63. The lowest BCUT2D eigenvalue weighted by Gasteiger charge is -2.40. The molecule has 0 radical (unpaired) electrons. The minimum Gasteiger partial charge on any atom is -0.493 e. The largest absolute Gasteiger partial charge is 0.493 e. The topological polar surface area (TPSA) is 195 Å². The molecule has 5 aliphatic heterocycles. The molecule has 254 valence electrons. The second-order valence-electron chi connectivity index (χ2n) is 11.9. The Kier molecular flexibility index (Phi) is 8.37. The molecule has 0 bridgehead atoms. The number of aliphatic hydroxyl groups excluding tert-OH is 3. The summed E-state index contributed by atoms with van der Waals surface area (Å²) >= 11 is 0. The highest BCUT2D eigenvalue weighted by Gasteiger charge is 2.47. The maximum atomic E-state index is 11.8. The molecule has 1 saturated heterocycles. The number of benzene rings is 2. The van der Waals surface area contributed by atoms with Gasteiger partial charge in [0.15, 0.2) is 11.5 Å². The molecule has 0 aliphatic carbocycles. The summed E-state index contributed by atoms with van der Waals surface area (Å²) in [5, 5.41) is 40.6. The highest BCUT2D eigenvalue weighted by Crippen LogP contribution is 2.57. The first kappa shape index (κ1) is 31.8. The average molecular weight is 667 g/mol. The van der Waals surface area contributed by atoms with Gasteiger partial charge in [-0.15, -0.1) is 0 Å². The maximum Gasteiger partial charge on any atom is 0.317 e. The van der Waals surface area contributed by atoms with Crippen LogP contribution in [0.15, 0.2) is 52.8 Å². The van der Waals surface area contributed by atoms with Crippen molar-refractivity contribution in [2.75, 3.05) is 34.0 Å². The van der Waals surface area contributed by atoms with E-state index >= 15 is 0 Å². The molecule has 15 nitrogen and oxygen atoms in total. The summed E-state index contributed by atoms with van der Waals surface area (Å²) in [6.45, 7) is 0.759. The predicted molar refractivity (Wildman–Crippen MR) is 163 cm³/mol. The van der Waals surface area contributed by atoms with Crippen LogP contribution in [0.5, 0.6) is 28.7 Å². The number of methoxy groups -OCH3 is 2. The van der Waals surface area contributed by atoms with Gasteiger partial charge in [0.1, 0.15) is 55.0 Å². The van der Waals surface area contributed by atoms with Gasteiger partial charge in [-0.05, 0) is 23.8 Å². The first-order valence-electron chi connectivity index (χ1n) is 15.3. The number of carbonyl (C=O) groups excluding carboxylic acids is 1. The zero-order valence-corrected chi connectivity index (χ0v) is 26.0. The van der Waals surface area contributed by atoms with Gasteiger partial charge in [-0.25, -0.2) is 0 Å². The SMILES string of the molecule is COc1ccc2c(c1OC)OC1c3c(CN4C=C5N=CC=C5C4)cc(OC4OC(COC(=O)CC(=O)O)C(O)C(O)C4O)cc3OCC21. The molecule has 48 heavy (non-hydrogen) atoms. The lowest BCUT2D eigenvalue weighted by molar-refractivity contribution is -0.278. The van der Waals surface area contributed by atoms with E-state index in [4.69, 9.17) is 38.3 Å². The third-order valence-corrected chi connectivity index (χ3v) is 8.94. The van der Waals surface area contributed by atoms with Crippen molar-refractivity contribution in [3.8, 4) is 28.7 Å². The van der Waals surface area contributed by atoms with Crippen LogP contribution in [0.2, 0.25) is 0 Å². The zero-order valence-electron chi connectivity index (χ0n) is 26.0. The van der Waals surface area contributed by atoms with Crippen molar-refractivity contribution in [1.29, 1.82) is 0 Å². The van der Waals surface area contributed by atoms with Gasteiger partial charge < -0.3 is 58.5 Å². The standard InChI is InChI=1S/C33H34N2O13/c1-42-21-4-3-18-19-13-44-22-8-17(46-33-29(41)28(40)27(39)23(47-33)14-45-25(38)9-24(36)37)7-16(11-35-10-15-5-6-34-20(15)12-35)26(22)30(19)48-31(18)32(21)43-2/h3-8,12,19,23,27-30,33,39-41H,9-11,13-14H2,1-2H3,(H,36,37). The van der Waals surface area contributed by atoms with E-state index in [1.807, 2.05) is 24.4 Å². The number of carboxylic acid groups (broad SMARTS) is 1. The van der Waals surface area contributed by atoms with E-state index in [2.05, 4.69) is 9.89 Å². The number of carboxylic acids is 1. The Labute approximate surface area is 274 Å². The highest BCUT2D eigenvalue weighted by atomic mass is 16.7. The quantitative estimate of drug-likeness (QED) is 0.209. The summed E-state index contributed by atoms with van der Waals surface area (Å²) < 4.78 is 40.8. The normalized spacial score (nSPS) is 27.8. The Morgan fingerprint density at radius 3 is 2.67 bits per heavy atom. The first-order chi connectivity index (χ1) is 23.1. The third kappa shape index (κ3) is 5.68. The van der Waals surface area contributed by atoms with Gasteiger partial charge in [0, 0.05) is 48.3 Å². The van der Waals surface area contributed by atoms with Crippen LogP contribution in [-0.2, 0) is 25.6 Å². The van der Waals surface area contributed by atoms with Crippen LogP contribution in [0.3, 0.4) is 0 Å². The second kappa shape index (κ2) is 12.6. The summed E-state index contributed by atoms with van der Waals surface area (Å²) in [5.74, 6) is -0.270. The average Bonchev–Trinajstić information content (AvgIpc) is 3.77. The number of esters is 1. The zero-order chi connectivity index (χ0) is 33.7. The van der Waals surface area contributed by atoms with Crippen molar-refractivity contribution < 1.29 is 63.2 Å². The molecule has 0 aromatic heterocycles. The van der Waals surface area contributed by atoms with E-state index in [-0.39, 0.29) is 18.3 Å². The van der Waals surface area contributed by atoms with Crippen molar-refractivity contribution in [2.45, 2.75) is 55.7 Å². The van der Waals surface area contributed by atoms with Gasteiger partial charge in [0.2, 0.25) is 12.0 Å². The Morgan fingerprint density at radius 1 is 1.08 bits per heavy atom. The van der Waals surface area contributed by atoms with Crippen LogP contribution in [0, 0.1) is 0 Å². The van der Waals surface area contributed by atoms with Gasteiger partial charge in [0.05, 0.1) is 32.4 Å². The summed E-state index contributed by atoms with van der Waals surface area (Å²) in [5.41, 5.74) is 4.49. The van der Waals surface area contributed by atoms with E-state index < -0.39 is 61.8 Å². The second-order valence-corrected chi connectivity index (χ2v) is 11.9. The van der Waals surface area contributed by atoms with Crippen LogP contribution in [0.4, 0.5) is 0 Å².